The van der Waals surface area contributed by atoms with Gasteiger partial charge in [-0.3, -0.25) is 0 Å². The van der Waals surface area contributed by atoms with Gasteiger partial charge in [0.25, 0.3) is 0 Å². The predicted octanol–water partition coefficient (Wildman–Crippen LogP) is 6.91. The van der Waals surface area contributed by atoms with Crippen LogP contribution in [-0.2, 0) is 20.4 Å². The fourth-order valence-electron chi connectivity index (χ4n) is 7.54. The van der Waals surface area contributed by atoms with Crippen molar-refractivity contribution in [3.05, 3.63) is 91.9 Å². The zero-order valence-corrected chi connectivity index (χ0v) is 45.2. The fourth-order valence-corrected chi connectivity index (χ4v) is 19.7. The summed E-state index contributed by atoms with van der Waals surface area (Å²) in [4.78, 5) is 0. The van der Waals surface area contributed by atoms with E-state index in [4.69, 9.17) is 0 Å². The summed E-state index contributed by atoms with van der Waals surface area (Å²) in [6.07, 6.45) is -1.25. The summed E-state index contributed by atoms with van der Waals surface area (Å²) < 4.78 is 1.57. The second kappa shape index (κ2) is 20.2. The first-order chi connectivity index (χ1) is 25.1. The van der Waals surface area contributed by atoms with Crippen LogP contribution in [0, 0.1) is 20.8 Å². The van der Waals surface area contributed by atoms with E-state index in [9.17, 15) is 15.3 Å². The van der Waals surface area contributed by atoms with Crippen LogP contribution in [0.15, 0.2) is 75.2 Å². The van der Waals surface area contributed by atoms with Crippen LogP contribution in [0.2, 0.25) is 64.0 Å². The molecular formula is C48H78O3Si4Ti. The van der Waals surface area contributed by atoms with Crippen LogP contribution >= 0.6 is 0 Å². The van der Waals surface area contributed by atoms with E-state index in [0.717, 1.165) is 0 Å². The summed E-state index contributed by atoms with van der Waals surface area (Å²) in [7, 11) is -7.58. The molecule has 308 valence electrons. The quantitative estimate of drug-likeness (QED) is 0.192. The van der Waals surface area contributed by atoms with E-state index in [1.807, 2.05) is 0 Å². The van der Waals surface area contributed by atoms with Gasteiger partial charge < -0.3 is 15.3 Å². The first-order valence-corrected chi connectivity index (χ1v) is 33.9. The molecule has 0 bridgehead atoms. The van der Waals surface area contributed by atoms with Crippen LogP contribution in [0.4, 0.5) is 0 Å². The predicted molar refractivity (Wildman–Crippen MR) is 252 cm³/mol. The molecule has 0 aromatic heterocycles. The molecule has 0 saturated carbocycles. The molecular weight excluding hydrogens is 785 g/mol. The molecule has 0 N–H and O–H groups in total. The molecule has 0 heterocycles. The van der Waals surface area contributed by atoms with Crippen molar-refractivity contribution in [3.63, 3.8) is 0 Å². The number of hydrogen-bond acceptors (Lipinski definition) is 3. The Morgan fingerprint density at radius 2 is 0.643 bits per heavy atom. The second-order valence-corrected chi connectivity index (χ2v) is 40.5. The van der Waals surface area contributed by atoms with E-state index in [0.29, 0.717) is 0 Å². The standard InChI is InChI=1S/C39H57Si4.3C3H7O.Ti/c1-27-17-33(40(8,9)10)23-36(20-27)43(39(7)26-30(4)31(5)32(39)6,37-21-28(2)18-34(24-37)41(11,12)13)38-22-29(3)19-35(25-38)42(14,15)16;3*1-3(2)4;/h17-25H,1-16H3;3*3H,1-2H3;/q;3*-1;+3. The molecule has 3 aromatic carbocycles. The Labute approximate surface area is 361 Å². The Hall–Kier alpha value is -1.40. The summed E-state index contributed by atoms with van der Waals surface area (Å²) >= 11 is 2.47. The van der Waals surface area contributed by atoms with Gasteiger partial charge in [0.2, 0.25) is 0 Å². The molecule has 0 saturated heterocycles. The Bertz CT molecular complexity index is 1650. The fraction of sp³-hybridized carbons (Fsp3) is 0.542. The third kappa shape index (κ3) is 13.0. The molecule has 0 fully saturated rings. The molecule has 1 atom stereocenters. The zero-order chi connectivity index (χ0) is 44.1. The van der Waals surface area contributed by atoms with Crippen LogP contribution in [0.25, 0.3) is 0 Å². The number of rotatable bonds is 7. The summed E-state index contributed by atoms with van der Waals surface area (Å²) in [5.41, 5.74) is 8.79. The van der Waals surface area contributed by atoms with Crippen molar-refractivity contribution < 1.29 is 35.8 Å². The van der Waals surface area contributed by atoms with Gasteiger partial charge in [-0.1, -0.05) is 41.5 Å². The Morgan fingerprint density at radius 1 is 0.429 bits per heavy atom. The maximum atomic E-state index is 9.53. The van der Waals surface area contributed by atoms with E-state index in [-0.39, 0.29) is 5.04 Å². The van der Waals surface area contributed by atoms with Crippen LogP contribution in [0.1, 0.15) is 85.9 Å². The van der Waals surface area contributed by atoms with Gasteiger partial charge in [-0.2, -0.15) is 0 Å². The third-order valence-corrected chi connectivity index (χ3v) is 24.0. The second-order valence-electron chi connectivity index (χ2n) is 20.3. The molecule has 0 amide bonds. The monoisotopic (exact) mass is 862 g/mol. The minimum absolute atomic E-state index is 0.0966. The third-order valence-electron chi connectivity index (χ3n) is 10.6. The van der Waals surface area contributed by atoms with Gasteiger partial charge in [0.15, 0.2) is 0 Å². The molecule has 8 heteroatoms. The molecule has 1 unspecified atom stereocenters. The summed E-state index contributed by atoms with van der Waals surface area (Å²) in [5, 5.41) is 38.0. The maximum absolute atomic E-state index is 9.53. The van der Waals surface area contributed by atoms with Gasteiger partial charge >= 0.3 is 288 Å². The van der Waals surface area contributed by atoms with Gasteiger partial charge in [0, 0.05) is 0 Å². The average molecular weight is 863 g/mol. The molecule has 56 heavy (non-hydrogen) atoms. The number of allylic oxidation sites excluding steroid dienone is 4. The van der Waals surface area contributed by atoms with Gasteiger partial charge in [-0.05, 0) is 0 Å². The van der Waals surface area contributed by atoms with Crippen molar-refractivity contribution in [1.82, 2.24) is 0 Å². The molecule has 0 radical (unpaired) electrons. The van der Waals surface area contributed by atoms with Gasteiger partial charge in [-0.15, -0.1) is 18.3 Å². The van der Waals surface area contributed by atoms with Crippen molar-refractivity contribution in [2.75, 3.05) is 0 Å². The number of hydrogen-bond donors (Lipinski definition) is 0. The van der Waals surface area contributed by atoms with Crippen molar-refractivity contribution in [1.29, 1.82) is 0 Å². The van der Waals surface area contributed by atoms with Crippen LogP contribution < -0.4 is 46.4 Å². The molecule has 1 aliphatic rings. The first-order valence-electron chi connectivity index (χ1n) is 20.6. The molecule has 4 rings (SSSR count). The summed E-state index contributed by atoms with van der Waals surface area (Å²) in [5.74, 6) is 0. The normalized spacial score (nSPS) is 16.5. The molecule has 3 aromatic rings. The number of aryl methyl sites for hydroxylation is 3. The van der Waals surface area contributed by atoms with E-state index in [1.165, 1.54) is 27.8 Å². The zero-order valence-electron chi connectivity index (χ0n) is 39.7. The van der Waals surface area contributed by atoms with Gasteiger partial charge in [-0.25, -0.2) is 0 Å². The topological polar surface area (TPSA) is 69.2 Å². The molecule has 0 spiro atoms. The summed E-state index contributed by atoms with van der Waals surface area (Å²) in [6.45, 7) is 49.2. The Balaban J connectivity index is 0.00000115. The van der Waals surface area contributed by atoms with Gasteiger partial charge in [0.05, 0.1) is 0 Å². The van der Waals surface area contributed by atoms with Crippen LogP contribution in [-0.4, -0.2) is 50.6 Å². The van der Waals surface area contributed by atoms with E-state index in [2.05, 4.69) is 182 Å². The Morgan fingerprint density at radius 3 is 0.821 bits per heavy atom. The Kier molecular flexibility index (Phi) is 19.0. The SMILES string of the molecule is CC(C)[O-].CC(C)[O-].CC(C)[O-].CC1=C(C)C(C)([Si](c2cc(C)cc([Si](C)(C)C)c2)(c2cc(C)cc([Si](C)(C)C)c2)c2cc(C)cc([Si](C)(C)C)c2)[C]([Ti+3])=C1C. The van der Waals surface area contributed by atoms with Crippen LogP contribution in [0.5, 0.6) is 0 Å². The molecule has 3 nitrogen and oxygen atoms in total. The van der Waals surface area contributed by atoms with Crippen molar-refractivity contribution >= 4 is 63.4 Å². The minimum atomic E-state index is -2.80. The first kappa shape index (κ1) is 52.6. The molecule has 0 aliphatic heterocycles. The van der Waals surface area contributed by atoms with Gasteiger partial charge in [0.1, 0.15) is 0 Å². The van der Waals surface area contributed by atoms with Crippen molar-refractivity contribution in [2.45, 2.75) is 172 Å². The van der Waals surface area contributed by atoms with E-state index in [1.54, 1.807) is 82.1 Å². The van der Waals surface area contributed by atoms with E-state index < -0.39 is 50.6 Å². The molecule has 1 aliphatic carbocycles. The van der Waals surface area contributed by atoms with Crippen molar-refractivity contribution in [3.8, 4) is 0 Å². The summed E-state index contributed by atoms with van der Waals surface area (Å²) in [6, 6.07) is 23.4. The van der Waals surface area contributed by atoms with E-state index >= 15 is 0 Å². The average Bonchev–Trinajstić information content (AvgIpc) is 3.14. The number of benzene rings is 3. The van der Waals surface area contributed by atoms with Crippen molar-refractivity contribution in [2.24, 2.45) is 0 Å². The van der Waals surface area contributed by atoms with Crippen LogP contribution in [0.3, 0.4) is 0 Å².